The van der Waals surface area contributed by atoms with Crippen LogP contribution in [0, 0.1) is 0 Å². The van der Waals surface area contributed by atoms with Crippen molar-refractivity contribution in [2.24, 2.45) is 4.99 Å². The molecule has 0 amide bonds. The first-order valence-corrected chi connectivity index (χ1v) is 8.89. The van der Waals surface area contributed by atoms with Gasteiger partial charge in [-0.2, -0.15) is 0 Å². The predicted molar refractivity (Wildman–Crippen MR) is 97.4 cm³/mol. The van der Waals surface area contributed by atoms with Gasteiger partial charge < -0.3 is 0 Å². The van der Waals surface area contributed by atoms with Crippen LogP contribution in [-0.4, -0.2) is 14.6 Å². The third kappa shape index (κ3) is 4.08. The minimum atomic E-state index is -3.57. The monoisotopic (exact) mass is 336 g/mol. The van der Waals surface area contributed by atoms with Gasteiger partial charge in [0.05, 0.1) is 10.6 Å². The molecule has 0 aliphatic carbocycles. The van der Waals surface area contributed by atoms with E-state index < -0.39 is 10.0 Å². The van der Waals surface area contributed by atoms with Gasteiger partial charge in [-0.25, -0.2) is 8.42 Å². The third-order valence-electron chi connectivity index (χ3n) is 3.34. The second-order valence-corrected chi connectivity index (χ2v) is 6.82. The molecule has 4 nitrogen and oxygen atoms in total. The number of nitrogens with one attached hydrogen (secondary N) is 1. The highest BCUT2D eigenvalue weighted by Crippen LogP contribution is 2.19. The molecule has 0 bridgehead atoms. The number of sulfonamides is 1. The number of hydrogen-bond acceptors (Lipinski definition) is 3. The molecule has 0 aliphatic heterocycles. The maximum Gasteiger partial charge on any atom is 0.261 e. The molecule has 0 aromatic heterocycles. The topological polar surface area (TPSA) is 58.5 Å². The Hall–Kier alpha value is -2.92. The molecule has 1 N–H and O–H groups in total. The molecule has 0 saturated heterocycles. The summed E-state index contributed by atoms with van der Waals surface area (Å²) in [5, 5.41) is 0. The van der Waals surface area contributed by atoms with Gasteiger partial charge in [0.2, 0.25) is 0 Å². The van der Waals surface area contributed by atoms with E-state index in [1.165, 1.54) is 0 Å². The number of anilines is 1. The Labute approximate surface area is 141 Å². The Morgan fingerprint density at radius 2 is 1.33 bits per heavy atom. The van der Waals surface area contributed by atoms with Crippen LogP contribution in [-0.2, 0) is 10.0 Å². The molecule has 0 atom stereocenters. The number of hydrogen-bond donors (Lipinski definition) is 1. The summed E-state index contributed by atoms with van der Waals surface area (Å²) < 4.78 is 27.1. The van der Waals surface area contributed by atoms with E-state index in [9.17, 15) is 8.42 Å². The average molecular weight is 336 g/mol. The Kier molecular flexibility index (Phi) is 4.72. The molecule has 0 radical (unpaired) electrons. The Morgan fingerprint density at radius 3 is 1.96 bits per heavy atom. The van der Waals surface area contributed by atoms with Gasteiger partial charge in [0.25, 0.3) is 10.0 Å². The van der Waals surface area contributed by atoms with E-state index in [4.69, 9.17) is 0 Å². The van der Waals surface area contributed by atoms with Crippen molar-refractivity contribution in [3.63, 3.8) is 0 Å². The van der Waals surface area contributed by atoms with Crippen LogP contribution in [0.2, 0.25) is 0 Å². The molecule has 3 aromatic carbocycles. The van der Waals surface area contributed by atoms with E-state index in [1.54, 1.807) is 60.8 Å². The fourth-order valence-corrected chi connectivity index (χ4v) is 3.20. The largest absolute Gasteiger partial charge is 0.280 e. The lowest BCUT2D eigenvalue weighted by atomic mass is 10.2. The van der Waals surface area contributed by atoms with Crippen LogP contribution in [0.5, 0.6) is 0 Å². The molecular formula is C19H16N2O2S. The first kappa shape index (κ1) is 16.0. The lowest BCUT2D eigenvalue weighted by Crippen LogP contribution is -2.12. The Balaban J connectivity index is 1.72. The SMILES string of the molecule is O=S(=O)(Nc1ccc(N=Cc2ccccc2)cc1)c1ccccc1. The van der Waals surface area contributed by atoms with Crippen molar-refractivity contribution in [1.29, 1.82) is 0 Å². The zero-order chi connectivity index (χ0) is 16.8. The lowest BCUT2D eigenvalue weighted by molar-refractivity contribution is 0.601. The van der Waals surface area contributed by atoms with E-state index in [0.717, 1.165) is 11.3 Å². The van der Waals surface area contributed by atoms with Crippen LogP contribution in [0.1, 0.15) is 5.56 Å². The molecule has 0 spiro atoms. The molecule has 0 unspecified atom stereocenters. The Morgan fingerprint density at radius 1 is 0.750 bits per heavy atom. The normalized spacial score (nSPS) is 11.5. The van der Waals surface area contributed by atoms with Gasteiger partial charge in [0.1, 0.15) is 0 Å². The van der Waals surface area contributed by atoms with Crippen molar-refractivity contribution in [3.8, 4) is 0 Å². The smallest absolute Gasteiger partial charge is 0.261 e. The summed E-state index contributed by atoms with van der Waals surface area (Å²) in [6.07, 6.45) is 1.77. The van der Waals surface area contributed by atoms with Gasteiger partial charge in [-0.05, 0) is 42.0 Å². The zero-order valence-electron chi connectivity index (χ0n) is 12.8. The first-order chi connectivity index (χ1) is 11.6. The van der Waals surface area contributed by atoms with Gasteiger partial charge in [0, 0.05) is 11.9 Å². The quantitative estimate of drug-likeness (QED) is 0.709. The van der Waals surface area contributed by atoms with Gasteiger partial charge in [-0.15, -0.1) is 0 Å². The van der Waals surface area contributed by atoms with Crippen LogP contribution in [0.25, 0.3) is 0 Å². The molecule has 120 valence electrons. The number of aliphatic imine (C=N–C) groups is 1. The van der Waals surface area contributed by atoms with E-state index >= 15 is 0 Å². The number of benzene rings is 3. The van der Waals surface area contributed by atoms with Crippen LogP contribution >= 0.6 is 0 Å². The van der Waals surface area contributed by atoms with Crippen molar-refractivity contribution in [2.45, 2.75) is 4.90 Å². The molecule has 24 heavy (non-hydrogen) atoms. The molecule has 3 rings (SSSR count). The summed E-state index contributed by atoms with van der Waals surface area (Å²) in [5.41, 5.74) is 2.25. The zero-order valence-corrected chi connectivity index (χ0v) is 13.6. The molecule has 0 fully saturated rings. The van der Waals surface area contributed by atoms with Gasteiger partial charge in [-0.3, -0.25) is 9.71 Å². The highest BCUT2D eigenvalue weighted by molar-refractivity contribution is 7.92. The minimum absolute atomic E-state index is 0.233. The molecule has 0 heterocycles. The lowest BCUT2D eigenvalue weighted by Gasteiger charge is -2.08. The van der Waals surface area contributed by atoms with Gasteiger partial charge >= 0.3 is 0 Å². The van der Waals surface area contributed by atoms with Crippen molar-refractivity contribution >= 4 is 27.6 Å². The second-order valence-electron chi connectivity index (χ2n) is 5.13. The number of nitrogens with zero attached hydrogens (tertiary/aromatic N) is 1. The predicted octanol–water partition coefficient (Wildman–Crippen LogP) is 4.24. The average Bonchev–Trinajstić information content (AvgIpc) is 2.62. The third-order valence-corrected chi connectivity index (χ3v) is 4.73. The van der Waals surface area contributed by atoms with Crippen molar-refractivity contribution in [1.82, 2.24) is 0 Å². The summed E-state index contributed by atoms with van der Waals surface area (Å²) >= 11 is 0. The summed E-state index contributed by atoms with van der Waals surface area (Å²) in [7, 11) is -3.57. The van der Waals surface area contributed by atoms with E-state index in [2.05, 4.69) is 9.71 Å². The summed E-state index contributed by atoms with van der Waals surface area (Å²) in [6.45, 7) is 0. The Bertz CT molecular complexity index is 920. The molecular weight excluding hydrogens is 320 g/mol. The van der Waals surface area contributed by atoms with Crippen molar-refractivity contribution < 1.29 is 8.42 Å². The van der Waals surface area contributed by atoms with Crippen molar-refractivity contribution in [3.05, 3.63) is 90.5 Å². The molecule has 0 saturated carbocycles. The van der Waals surface area contributed by atoms with Crippen LogP contribution < -0.4 is 4.72 Å². The standard InChI is InChI=1S/C19H16N2O2S/c22-24(23,19-9-5-2-6-10-19)21-18-13-11-17(12-14-18)20-15-16-7-3-1-4-8-16/h1-15,21H. The summed E-state index contributed by atoms with van der Waals surface area (Å²) in [5.74, 6) is 0. The van der Waals surface area contributed by atoms with Gasteiger partial charge in [-0.1, -0.05) is 48.5 Å². The van der Waals surface area contributed by atoms with E-state index in [0.29, 0.717) is 5.69 Å². The fraction of sp³-hybridized carbons (Fsp3) is 0. The summed E-state index contributed by atoms with van der Waals surface area (Å²) in [4.78, 5) is 4.60. The molecule has 5 heteroatoms. The molecule has 0 aliphatic rings. The van der Waals surface area contributed by atoms with Gasteiger partial charge in [0.15, 0.2) is 0 Å². The van der Waals surface area contributed by atoms with E-state index in [-0.39, 0.29) is 4.90 Å². The highest BCUT2D eigenvalue weighted by Gasteiger charge is 2.12. The highest BCUT2D eigenvalue weighted by atomic mass is 32.2. The van der Waals surface area contributed by atoms with Crippen LogP contribution in [0.4, 0.5) is 11.4 Å². The minimum Gasteiger partial charge on any atom is -0.280 e. The van der Waals surface area contributed by atoms with Crippen molar-refractivity contribution in [2.75, 3.05) is 4.72 Å². The maximum absolute atomic E-state index is 12.3. The first-order valence-electron chi connectivity index (χ1n) is 7.40. The molecule has 3 aromatic rings. The van der Waals surface area contributed by atoms with Crippen LogP contribution in [0.15, 0.2) is 94.8 Å². The second kappa shape index (κ2) is 7.10. The number of rotatable bonds is 5. The van der Waals surface area contributed by atoms with E-state index in [1.807, 2.05) is 30.3 Å². The maximum atomic E-state index is 12.3. The summed E-state index contributed by atoms with van der Waals surface area (Å²) in [6, 6.07) is 25.0. The van der Waals surface area contributed by atoms with Crippen LogP contribution in [0.3, 0.4) is 0 Å². The fourth-order valence-electron chi connectivity index (χ4n) is 2.12.